The van der Waals surface area contributed by atoms with Gasteiger partial charge < -0.3 is 5.32 Å². The Kier molecular flexibility index (Phi) is 4.06. The molecule has 1 aromatic carbocycles. The van der Waals surface area contributed by atoms with Gasteiger partial charge in [0.05, 0.1) is 10.6 Å². The molecule has 1 heterocycles. The first-order valence-corrected chi connectivity index (χ1v) is 8.09. The molecule has 0 aliphatic carbocycles. The van der Waals surface area contributed by atoms with Crippen LogP contribution in [0, 0.1) is 12.4 Å². The van der Waals surface area contributed by atoms with Crippen LogP contribution in [0.4, 0.5) is 16.0 Å². The van der Waals surface area contributed by atoms with Gasteiger partial charge in [0.2, 0.25) is 12.3 Å². The van der Waals surface area contributed by atoms with Gasteiger partial charge in [0.15, 0.2) is 0 Å². The lowest BCUT2D eigenvalue weighted by atomic mass is 10.3. The molecule has 3 N–H and O–H groups in total. The maximum atomic E-state index is 12.8. The summed E-state index contributed by atoms with van der Waals surface area (Å²) in [6.07, 6.45) is 0.648. The molecule has 0 aliphatic rings. The van der Waals surface area contributed by atoms with Gasteiger partial charge in [-0.25, -0.2) is 0 Å². The number of aromatic nitrogens is 3. The maximum Gasteiger partial charge on any atom is 0.314 e. The highest BCUT2D eigenvalue weighted by Crippen LogP contribution is 2.26. The van der Waals surface area contributed by atoms with Crippen molar-refractivity contribution in [3.63, 3.8) is 0 Å². The molecule has 0 spiro atoms. The van der Waals surface area contributed by atoms with Crippen molar-refractivity contribution in [1.29, 1.82) is 0 Å². The molecule has 0 unspecified atom stereocenters. The molecule has 0 aliphatic heterocycles. The van der Waals surface area contributed by atoms with Crippen molar-refractivity contribution in [3.05, 3.63) is 30.6 Å². The first-order valence-electron chi connectivity index (χ1n) is 5.21. The van der Waals surface area contributed by atoms with Gasteiger partial charge in [-0.15, -0.1) is 0 Å². The third kappa shape index (κ3) is 3.70. The third-order valence-corrected chi connectivity index (χ3v) is 4.03. The Hall–Kier alpha value is -2.22. The number of halogens is 1. The van der Waals surface area contributed by atoms with Crippen LogP contribution in [0.3, 0.4) is 0 Å². The van der Waals surface area contributed by atoms with E-state index in [-0.39, 0.29) is 0 Å². The highest BCUT2D eigenvalue weighted by atomic mass is 32.2. The Morgan fingerprint density at radius 2 is 1.77 bits per heavy atom. The van der Waals surface area contributed by atoms with E-state index in [4.69, 9.17) is 9.11 Å². The van der Waals surface area contributed by atoms with Gasteiger partial charge in [-0.1, -0.05) is 0 Å². The molecule has 117 valence electrons. The smallest absolute Gasteiger partial charge is 0.314 e. The number of hydrogen-bond donors (Lipinski definition) is 3. The summed E-state index contributed by atoms with van der Waals surface area (Å²) in [4.78, 5) is 8.08. The average Bonchev–Trinajstić information content (AvgIpc) is 2.36. The topological polar surface area (TPSA) is 159 Å². The fourth-order valence-electron chi connectivity index (χ4n) is 1.42. The fraction of sp³-hybridized carbons (Fsp3) is 0. The van der Waals surface area contributed by atoms with Crippen molar-refractivity contribution in [2.75, 3.05) is 5.32 Å². The Labute approximate surface area is 123 Å². The Morgan fingerprint density at radius 1 is 1.09 bits per heavy atom. The Morgan fingerprint density at radius 3 is 2.32 bits per heavy atom. The highest BCUT2D eigenvalue weighted by Gasteiger charge is 2.20. The maximum absolute atomic E-state index is 12.8. The predicted octanol–water partition coefficient (Wildman–Crippen LogP) is 0.0479. The van der Waals surface area contributed by atoms with E-state index in [1.807, 2.05) is 6.33 Å². The highest BCUT2D eigenvalue weighted by molar-refractivity contribution is 7.86. The van der Waals surface area contributed by atoms with E-state index in [1.54, 1.807) is 0 Å². The molecule has 0 bridgehead atoms. The summed E-state index contributed by atoms with van der Waals surface area (Å²) in [5, 5.41) is 2.18. The normalized spacial score (nSPS) is 12.1. The predicted molar refractivity (Wildman–Crippen MR) is 68.0 cm³/mol. The number of anilines is 2. The van der Waals surface area contributed by atoms with Gasteiger partial charge in [0, 0.05) is 0 Å². The third-order valence-electron chi connectivity index (χ3n) is 2.27. The van der Waals surface area contributed by atoms with Gasteiger partial charge in [-0.05, 0) is 18.2 Å². The number of benzene rings is 1. The lowest BCUT2D eigenvalue weighted by molar-refractivity contribution is 0.479. The van der Waals surface area contributed by atoms with Crippen LogP contribution in [-0.2, 0) is 20.2 Å². The van der Waals surface area contributed by atoms with Crippen LogP contribution in [-0.4, -0.2) is 40.9 Å². The molecule has 1 aromatic heterocycles. The van der Waals surface area contributed by atoms with Crippen LogP contribution >= 0.6 is 0 Å². The summed E-state index contributed by atoms with van der Waals surface area (Å²) in [6, 6.07) is 2.17. The summed E-state index contributed by atoms with van der Waals surface area (Å²) in [5.74, 6) is -0.495. The molecule has 0 saturated carbocycles. The van der Waals surface area contributed by atoms with Crippen LogP contribution in [0.15, 0.2) is 28.0 Å². The zero-order valence-corrected chi connectivity index (χ0v) is 11.9. The largest absolute Gasteiger partial charge is 0.323 e. The van der Waals surface area contributed by atoms with Crippen molar-refractivity contribution in [2.24, 2.45) is 0 Å². The van der Waals surface area contributed by atoms with Gasteiger partial charge in [-0.3, -0.25) is 9.11 Å². The van der Waals surface area contributed by atoms with Crippen molar-refractivity contribution < 1.29 is 30.3 Å². The molecule has 22 heavy (non-hydrogen) atoms. The van der Waals surface area contributed by atoms with E-state index >= 15 is 0 Å². The second-order valence-electron chi connectivity index (χ2n) is 3.76. The van der Waals surface area contributed by atoms with Gasteiger partial charge >= 0.3 is 6.08 Å². The van der Waals surface area contributed by atoms with E-state index in [9.17, 15) is 21.2 Å². The van der Waals surface area contributed by atoms with Crippen LogP contribution in [0.1, 0.15) is 0 Å². The van der Waals surface area contributed by atoms with E-state index in [1.165, 1.54) is 0 Å². The number of nitrogens with one attached hydrogen (secondary N) is 1. The first-order chi connectivity index (χ1) is 10.1. The molecule has 0 fully saturated rings. The average molecular weight is 349 g/mol. The Balaban J connectivity index is 2.60. The first kappa shape index (κ1) is 16.2. The fourth-order valence-corrected chi connectivity index (χ4v) is 2.55. The number of nitrogens with zero attached hydrogens (tertiary/aromatic N) is 3. The lowest BCUT2D eigenvalue weighted by Gasteiger charge is -2.09. The van der Waals surface area contributed by atoms with E-state index < -0.39 is 47.7 Å². The number of hydrogen-bond acceptors (Lipinski definition) is 8. The zero-order valence-electron chi connectivity index (χ0n) is 10.3. The molecule has 0 atom stereocenters. The molecule has 2 rings (SSSR count). The zero-order chi connectivity index (χ0) is 16.5. The van der Waals surface area contributed by atoms with Crippen LogP contribution in [0.5, 0.6) is 0 Å². The summed E-state index contributed by atoms with van der Waals surface area (Å²) < 4.78 is 75.5. The van der Waals surface area contributed by atoms with Crippen molar-refractivity contribution >= 4 is 31.9 Å². The molecule has 0 amide bonds. The van der Waals surface area contributed by atoms with Gasteiger partial charge in [0.1, 0.15) is 4.90 Å². The van der Waals surface area contributed by atoms with E-state index in [0.717, 1.165) is 12.1 Å². The minimum atomic E-state index is -4.74. The second kappa shape index (κ2) is 5.53. The van der Waals surface area contributed by atoms with Crippen LogP contribution < -0.4 is 5.32 Å². The molecule has 1 radical (unpaired) electrons. The Bertz CT molecular complexity index is 931. The van der Waals surface area contributed by atoms with Crippen molar-refractivity contribution in [3.8, 4) is 0 Å². The summed E-state index contributed by atoms with van der Waals surface area (Å²) in [6.45, 7) is 0. The number of rotatable bonds is 4. The van der Waals surface area contributed by atoms with Crippen molar-refractivity contribution in [1.82, 2.24) is 15.0 Å². The molecule has 13 heteroatoms. The molecule has 10 nitrogen and oxygen atoms in total. The minimum Gasteiger partial charge on any atom is -0.323 e. The lowest BCUT2D eigenvalue weighted by Crippen LogP contribution is -2.08. The van der Waals surface area contributed by atoms with Crippen molar-refractivity contribution in [2.45, 2.75) is 9.79 Å². The van der Waals surface area contributed by atoms with Crippen LogP contribution in [0.2, 0.25) is 0 Å². The molecular weight excluding hydrogens is 343 g/mol. The summed E-state index contributed by atoms with van der Waals surface area (Å²) >= 11 is 0. The van der Waals surface area contributed by atoms with Gasteiger partial charge in [-0.2, -0.15) is 36.2 Å². The minimum absolute atomic E-state index is 0.495. The second-order valence-corrected chi connectivity index (χ2v) is 6.57. The SMILES string of the molecule is O=S(=O)(O)c1ccc(S(=O)(=O)O)c(Nc2n[c]nc(F)n2)c1. The van der Waals surface area contributed by atoms with E-state index in [0.29, 0.717) is 6.07 Å². The standard InChI is InChI=1S/C9H6FN4O6S2/c10-8-11-4-12-9(14-8)13-6-3-5(21(15,16)17)1-2-7(6)22(18,19)20/h1-3H,(H,15,16,17)(H,18,19,20)(H,11,12,13,14). The molecule has 2 aromatic rings. The van der Waals surface area contributed by atoms with Gasteiger partial charge in [0.25, 0.3) is 20.2 Å². The summed E-state index contributed by atoms with van der Waals surface area (Å²) in [7, 11) is -9.38. The monoisotopic (exact) mass is 349 g/mol. The summed E-state index contributed by atoms with van der Waals surface area (Å²) in [5.41, 5.74) is -0.503. The molecule has 0 saturated heterocycles. The molecular formula is C9H6FN4O6S2. The van der Waals surface area contributed by atoms with E-state index in [2.05, 4.69) is 20.3 Å². The quantitative estimate of drug-likeness (QED) is 0.643. The van der Waals surface area contributed by atoms with Crippen LogP contribution in [0.25, 0.3) is 0 Å².